The van der Waals surface area contributed by atoms with Crippen LogP contribution in [-0.4, -0.2) is 34.6 Å². The zero-order valence-corrected chi connectivity index (χ0v) is 15.6. The first-order valence-electron chi connectivity index (χ1n) is 8.18. The number of carbonyl (C=O) groups excluding carboxylic acids is 1. The third-order valence-electron chi connectivity index (χ3n) is 3.94. The van der Waals surface area contributed by atoms with E-state index in [4.69, 9.17) is 0 Å². The molecule has 1 N–H and O–H groups in total. The van der Waals surface area contributed by atoms with Crippen molar-refractivity contribution >= 4 is 23.4 Å². The highest BCUT2D eigenvalue weighted by molar-refractivity contribution is 7.98. The van der Waals surface area contributed by atoms with Crippen molar-refractivity contribution in [3.05, 3.63) is 53.7 Å². The summed E-state index contributed by atoms with van der Waals surface area (Å²) >= 11 is 1.58. The molecular formula is C19H25N3OS. The monoisotopic (exact) mass is 343 g/mol. The van der Waals surface area contributed by atoms with E-state index in [1.54, 1.807) is 18.0 Å². The van der Waals surface area contributed by atoms with Crippen LogP contribution < -0.4 is 5.32 Å². The Kier molecular flexibility index (Phi) is 6.82. The summed E-state index contributed by atoms with van der Waals surface area (Å²) < 4.78 is 0. The van der Waals surface area contributed by atoms with Crippen LogP contribution >= 0.6 is 11.8 Å². The summed E-state index contributed by atoms with van der Waals surface area (Å²) in [6, 6.07) is 12.1. The lowest BCUT2D eigenvalue weighted by molar-refractivity contribution is 0.102. The molecule has 0 aliphatic rings. The molecule has 0 spiro atoms. The van der Waals surface area contributed by atoms with Crippen molar-refractivity contribution in [1.82, 2.24) is 9.88 Å². The van der Waals surface area contributed by atoms with Crippen molar-refractivity contribution < 1.29 is 4.79 Å². The Bertz CT molecular complexity index is 653. The molecule has 0 aliphatic carbocycles. The summed E-state index contributed by atoms with van der Waals surface area (Å²) in [4.78, 5) is 19.0. The van der Waals surface area contributed by atoms with Gasteiger partial charge in [-0.3, -0.25) is 9.69 Å². The number of rotatable bonds is 7. The summed E-state index contributed by atoms with van der Waals surface area (Å²) in [6.45, 7) is 8.47. The molecule has 0 unspecified atom stereocenters. The summed E-state index contributed by atoms with van der Waals surface area (Å²) in [5, 5.41) is 3.81. The highest BCUT2D eigenvalue weighted by atomic mass is 32.2. The molecular weight excluding hydrogens is 318 g/mol. The van der Waals surface area contributed by atoms with Crippen molar-refractivity contribution in [3.8, 4) is 0 Å². The summed E-state index contributed by atoms with van der Waals surface area (Å²) in [6.07, 6.45) is 3.65. The molecule has 24 heavy (non-hydrogen) atoms. The summed E-state index contributed by atoms with van der Waals surface area (Å²) in [5.41, 5.74) is 2.58. The molecule has 0 radical (unpaired) electrons. The van der Waals surface area contributed by atoms with Gasteiger partial charge in [-0.15, -0.1) is 11.8 Å². The van der Waals surface area contributed by atoms with Crippen LogP contribution in [0.2, 0.25) is 0 Å². The van der Waals surface area contributed by atoms with E-state index in [9.17, 15) is 4.79 Å². The second kappa shape index (κ2) is 8.85. The number of amides is 1. The molecule has 1 amide bonds. The zero-order valence-electron chi connectivity index (χ0n) is 14.7. The number of carbonyl (C=O) groups is 1. The number of benzene rings is 1. The van der Waals surface area contributed by atoms with E-state index in [1.165, 1.54) is 5.56 Å². The normalized spacial score (nSPS) is 11.1. The lowest BCUT2D eigenvalue weighted by atomic mass is 10.1. The molecule has 0 saturated heterocycles. The predicted octanol–water partition coefficient (Wildman–Crippen LogP) is 4.29. The van der Waals surface area contributed by atoms with Crippen LogP contribution in [0, 0.1) is 0 Å². The van der Waals surface area contributed by atoms with Gasteiger partial charge in [0.1, 0.15) is 0 Å². The van der Waals surface area contributed by atoms with E-state index >= 15 is 0 Å². The Hall–Kier alpha value is -1.85. The summed E-state index contributed by atoms with van der Waals surface area (Å²) in [5.74, 6) is -0.114. The molecule has 0 atom stereocenters. The fraction of sp³-hybridized carbons (Fsp3) is 0.368. The number of nitrogens with one attached hydrogen (secondary N) is 1. The van der Waals surface area contributed by atoms with E-state index in [1.807, 2.05) is 42.7 Å². The molecule has 2 aromatic rings. The van der Waals surface area contributed by atoms with E-state index in [0.717, 1.165) is 18.1 Å². The first-order chi connectivity index (χ1) is 11.5. The van der Waals surface area contributed by atoms with E-state index < -0.39 is 0 Å². The lowest BCUT2D eigenvalue weighted by Crippen LogP contribution is -2.29. The fourth-order valence-corrected chi connectivity index (χ4v) is 2.80. The van der Waals surface area contributed by atoms with Crippen LogP contribution in [0.15, 0.2) is 47.6 Å². The van der Waals surface area contributed by atoms with Gasteiger partial charge in [0.15, 0.2) is 0 Å². The Morgan fingerprint density at radius 3 is 2.42 bits per heavy atom. The number of hydrogen-bond acceptors (Lipinski definition) is 4. The zero-order chi connectivity index (χ0) is 17.5. The molecule has 0 bridgehead atoms. The van der Waals surface area contributed by atoms with Crippen molar-refractivity contribution in [1.29, 1.82) is 0 Å². The molecule has 1 aromatic heterocycles. The molecule has 128 valence electrons. The molecule has 2 rings (SSSR count). The molecule has 5 heteroatoms. The van der Waals surface area contributed by atoms with Crippen LogP contribution in [0.3, 0.4) is 0 Å². The minimum atomic E-state index is -0.114. The molecule has 0 fully saturated rings. The quantitative estimate of drug-likeness (QED) is 0.762. The Labute approximate surface area is 148 Å². The SMILES string of the molecule is CCN(Cc1ccc(C(=O)Nc2ccc(SC)nc2)cc1)C(C)C. The minimum Gasteiger partial charge on any atom is -0.321 e. The standard InChI is InChI=1S/C19H25N3OS/c1-5-22(14(2)3)13-15-6-8-16(9-7-15)19(23)21-17-10-11-18(24-4)20-12-17/h6-12,14H,5,13H2,1-4H3,(H,21,23). The van der Waals surface area contributed by atoms with Gasteiger partial charge in [-0.2, -0.15) is 0 Å². The van der Waals surface area contributed by atoms with E-state index in [-0.39, 0.29) is 5.91 Å². The minimum absolute atomic E-state index is 0.114. The summed E-state index contributed by atoms with van der Waals surface area (Å²) in [7, 11) is 0. The number of nitrogens with zero attached hydrogens (tertiary/aromatic N) is 2. The average Bonchev–Trinajstić information content (AvgIpc) is 2.60. The molecule has 0 aliphatic heterocycles. The highest BCUT2D eigenvalue weighted by Gasteiger charge is 2.10. The van der Waals surface area contributed by atoms with Gasteiger partial charge in [0.2, 0.25) is 0 Å². The van der Waals surface area contributed by atoms with Crippen LogP contribution in [0.1, 0.15) is 36.7 Å². The Balaban J connectivity index is 1.99. The first kappa shape index (κ1) is 18.5. The van der Waals surface area contributed by atoms with Crippen molar-refractivity contribution in [2.24, 2.45) is 0 Å². The highest BCUT2D eigenvalue weighted by Crippen LogP contribution is 2.15. The fourth-order valence-electron chi connectivity index (χ4n) is 2.43. The number of pyridine rings is 1. The van der Waals surface area contributed by atoms with Crippen molar-refractivity contribution in [2.45, 2.75) is 38.4 Å². The smallest absolute Gasteiger partial charge is 0.255 e. The number of anilines is 1. The van der Waals surface area contributed by atoms with Crippen molar-refractivity contribution in [2.75, 3.05) is 18.1 Å². The van der Waals surface area contributed by atoms with E-state index in [2.05, 4.69) is 36.0 Å². The molecule has 4 nitrogen and oxygen atoms in total. The van der Waals surface area contributed by atoms with Gasteiger partial charge in [-0.05, 0) is 56.5 Å². The third kappa shape index (κ3) is 5.08. The van der Waals surface area contributed by atoms with E-state index in [0.29, 0.717) is 17.3 Å². The van der Waals surface area contributed by atoms with Crippen molar-refractivity contribution in [3.63, 3.8) is 0 Å². The average molecular weight is 343 g/mol. The van der Waals surface area contributed by atoms with Crippen LogP contribution in [-0.2, 0) is 6.54 Å². The predicted molar refractivity (Wildman–Crippen MR) is 102 cm³/mol. The topological polar surface area (TPSA) is 45.2 Å². The van der Waals surface area contributed by atoms with Crippen LogP contribution in [0.25, 0.3) is 0 Å². The largest absolute Gasteiger partial charge is 0.321 e. The number of hydrogen-bond donors (Lipinski definition) is 1. The maximum Gasteiger partial charge on any atom is 0.255 e. The molecule has 0 saturated carbocycles. The second-order valence-corrected chi connectivity index (χ2v) is 6.72. The molecule has 1 aromatic carbocycles. The maximum atomic E-state index is 12.3. The van der Waals surface area contributed by atoms with Crippen LogP contribution in [0.5, 0.6) is 0 Å². The van der Waals surface area contributed by atoms with Gasteiger partial charge in [0.05, 0.1) is 16.9 Å². The second-order valence-electron chi connectivity index (χ2n) is 5.90. The van der Waals surface area contributed by atoms with Gasteiger partial charge < -0.3 is 5.32 Å². The van der Waals surface area contributed by atoms with Crippen LogP contribution in [0.4, 0.5) is 5.69 Å². The number of thioether (sulfide) groups is 1. The lowest BCUT2D eigenvalue weighted by Gasteiger charge is -2.24. The van der Waals surface area contributed by atoms with Gasteiger partial charge in [-0.1, -0.05) is 19.1 Å². The first-order valence-corrected chi connectivity index (χ1v) is 9.40. The maximum absolute atomic E-state index is 12.3. The third-order valence-corrected chi connectivity index (χ3v) is 4.60. The van der Waals surface area contributed by atoms with Gasteiger partial charge >= 0.3 is 0 Å². The van der Waals surface area contributed by atoms with Gasteiger partial charge in [-0.25, -0.2) is 4.98 Å². The van der Waals surface area contributed by atoms with Gasteiger partial charge in [0.25, 0.3) is 5.91 Å². The Morgan fingerprint density at radius 1 is 1.21 bits per heavy atom. The number of aromatic nitrogens is 1. The van der Waals surface area contributed by atoms with Gasteiger partial charge in [0, 0.05) is 18.2 Å². The Morgan fingerprint density at radius 2 is 1.92 bits per heavy atom. The molecule has 1 heterocycles.